The van der Waals surface area contributed by atoms with Gasteiger partial charge in [-0.1, -0.05) is 6.42 Å². The number of nitrogens with zero attached hydrogens (tertiary/aromatic N) is 1. The lowest BCUT2D eigenvalue weighted by Crippen LogP contribution is -2.33. The zero-order chi connectivity index (χ0) is 15.6. The molecule has 0 heterocycles. The highest BCUT2D eigenvalue weighted by Crippen LogP contribution is 2.07. The lowest BCUT2D eigenvalue weighted by Gasteiger charge is -2.19. The van der Waals surface area contributed by atoms with Gasteiger partial charge in [0.2, 0.25) is 5.91 Å². The maximum Gasteiger partial charge on any atom is 0.407 e. The van der Waals surface area contributed by atoms with Crippen LogP contribution in [0.3, 0.4) is 0 Å². The molecule has 0 aliphatic heterocycles. The van der Waals surface area contributed by atoms with Gasteiger partial charge in [0.25, 0.3) is 0 Å². The van der Waals surface area contributed by atoms with Gasteiger partial charge in [-0.25, -0.2) is 4.79 Å². The highest BCUT2D eigenvalue weighted by Gasteiger charge is 2.15. The molecule has 0 spiro atoms. The Hall–Kier alpha value is -1.26. The van der Waals surface area contributed by atoms with E-state index in [1.165, 1.54) is 0 Å². The Bertz CT molecular complexity index is 294. The SMILES string of the molecule is CCN(CC)C(=O)CCCCCNC(=O)OC(C)(C)C. The van der Waals surface area contributed by atoms with Gasteiger partial charge in [0, 0.05) is 26.1 Å². The molecule has 0 radical (unpaired) electrons. The fraction of sp³-hybridized carbons (Fsp3) is 0.867. The van der Waals surface area contributed by atoms with Gasteiger partial charge in [-0.15, -0.1) is 0 Å². The van der Waals surface area contributed by atoms with Crippen molar-refractivity contribution in [2.75, 3.05) is 19.6 Å². The summed E-state index contributed by atoms with van der Waals surface area (Å²) in [5.74, 6) is 0.218. The van der Waals surface area contributed by atoms with E-state index in [4.69, 9.17) is 4.74 Å². The number of hydrogen-bond acceptors (Lipinski definition) is 3. The van der Waals surface area contributed by atoms with Crippen LogP contribution in [0.1, 0.15) is 60.3 Å². The van der Waals surface area contributed by atoms with Crippen molar-refractivity contribution in [1.82, 2.24) is 10.2 Å². The molecule has 0 saturated carbocycles. The van der Waals surface area contributed by atoms with Gasteiger partial charge in [-0.05, 0) is 47.5 Å². The third-order valence-corrected chi connectivity index (χ3v) is 2.85. The Morgan fingerprint density at radius 1 is 1.05 bits per heavy atom. The molecular weight excluding hydrogens is 256 g/mol. The molecule has 0 fully saturated rings. The number of hydrogen-bond donors (Lipinski definition) is 1. The van der Waals surface area contributed by atoms with E-state index in [1.807, 2.05) is 39.5 Å². The minimum atomic E-state index is -0.458. The van der Waals surface area contributed by atoms with Crippen molar-refractivity contribution in [2.45, 2.75) is 65.9 Å². The summed E-state index contributed by atoms with van der Waals surface area (Å²) in [6, 6.07) is 0. The van der Waals surface area contributed by atoms with Crippen LogP contribution in [-0.4, -0.2) is 42.1 Å². The largest absolute Gasteiger partial charge is 0.444 e. The molecule has 1 N–H and O–H groups in total. The van der Waals surface area contributed by atoms with E-state index in [0.29, 0.717) is 13.0 Å². The van der Waals surface area contributed by atoms with Crippen LogP contribution in [0, 0.1) is 0 Å². The lowest BCUT2D eigenvalue weighted by molar-refractivity contribution is -0.130. The second-order valence-corrected chi connectivity index (χ2v) is 5.81. The topological polar surface area (TPSA) is 58.6 Å². The summed E-state index contributed by atoms with van der Waals surface area (Å²) in [5, 5.41) is 2.72. The highest BCUT2D eigenvalue weighted by atomic mass is 16.6. The molecule has 20 heavy (non-hydrogen) atoms. The molecule has 5 heteroatoms. The van der Waals surface area contributed by atoms with Crippen LogP contribution < -0.4 is 5.32 Å². The maximum absolute atomic E-state index is 11.7. The molecule has 0 aliphatic carbocycles. The third kappa shape index (κ3) is 9.64. The normalized spacial score (nSPS) is 11.1. The van der Waals surface area contributed by atoms with Crippen LogP contribution in [0.4, 0.5) is 4.79 Å². The van der Waals surface area contributed by atoms with Crippen LogP contribution in [0.2, 0.25) is 0 Å². The van der Waals surface area contributed by atoms with E-state index in [0.717, 1.165) is 32.4 Å². The molecule has 0 saturated heterocycles. The predicted octanol–water partition coefficient (Wildman–Crippen LogP) is 2.94. The van der Waals surface area contributed by atoms with Crippen molar-refractivity contribution in [3.05, 3.63) is 0 Å². The quantitative estimate of drug-likeness (QED) is 0.698. The van der Waals surface area contributed by atoms with Crippen LogP contribution in [0.25, 0.3) is 0 Å². The van der Waals surface area contributed by atoms with E-state index in [2.05, 4.69) is 5.32 Å². The fourth-order valence-electron chi connectivity index (χ4n) is 1.82. The summed E-state index contributed by atoms with van der Waals surface area (Å²) >= 11 is 0. The summed E-state index contributed by atoms with van der Waals surface area (Å²) in [7, 11) is 0. The number of carbonyl (C=O) groups is 2. The first kappa shape index (κ1) is 18.7. The van der Waals surface area contributed by atoms with E-state index in [9.17, 15) is 9.59 Å². The van der Waals surface area contributed by atoms with E-state index >= 15 is 0 Å². The summed E-state index contributed by atoms with van der Waals surface area (Å²) in [4.78, 5) is 25.0. The van der Waals surface area contributed by atoms with E-state index in [1.54, 1.807) is 0 Å². The predicted molar refractivity (Wildman–Crippen MR) is 80.6 cm³/mol. The average Bonchev–Trinajstić information content (AvgIpc) is 2.32. The zero-order valence-electron chi connectivity index (χ0n) is 13.6. The fourth-order valence-corrected chi connectivity index (χ4v) is 1.82. The first-order chi connectivity index (χ1) is 9.30. The summed E-state index contributed by atoms with van der Waals surface area (Å²) < 4.78 is 5.13. The van der Waals surface area contributed by atoms with E-state index < -0.39 is 5.60 Å². The van der Waals surface area contributed by atoms with Gasteiger partial charge in [0.15, 0.2) is 0 Å². The second kappa shape index (κ2) is 9.61. The molecule has 0 aromatic carbocycles. The van der Waals surface area contributed by atoms with E-state index in [-0.39, 0.29) is 12.0 Å². The molecule has 118 valence electrons. The molecule has 0 atom stereocenters. The number of ether oxygens (including phenoxy) is 1. The van der Waals surface area contributed by atoms with Crippen molar-refractivity contribution in [1.29, 1.82) is 0 Å². The molecule has 0 aliphatic rings. The van der Waals surface area contributed by atoms with Crippen LogP contribution in [-0.2, 0) is 9.53 Å². The number of alkyl carbamates (subject to hydrolysis) is 1. The Kier molecular flexibility index (Phi) is 9.01. The highest BCUT2D eigenvalue weighted by molar-refractivity contribution is 5.76. The Morgan fingerprint density at radius 2 is 1.65 bits per heavy atom. The van der Waals surface area contributed by atoms with Gasteiger partial charge >= 0.3 is 6.09 Å². The third-order valence-electron chi connectivity index (χ3n) is 2.85. The summed E-state index contributed by atoms with van der Waals surface area (Å²) in [6.45, 7) is 11.6. The summed E-state index contributed by atoms with van der Waals surface area (Å²) in [5.41, 5.74) is -0.458. The average molecular weight is 286 g/mol. The van der Waals surface area contributed by atoms with Crippen LogP contribution in [0.15, 0.2) is 0 Å². The molecule has 0 rings (SSSR count). The lowest BCUT2D eigenvalue weighted by atomic mass is 10.2. The van der Waals surface area contributed by atoms with Crippen molar-refractivity contribution in [3.63, 3.8) is 0 Å². The first-order valence-corrected chi connectivity index (χ1v) is 7.54. The second-order valence-electron chi connectivity index (χ2n) is 5.81. The molecule has 0 unspecified atom stereocenters. The van der Waals surface area contributed by atoms with Gasteiger partial charge in [0.05, 0.1) is 0 Å². The van der Waals surface area contributed by atoms with Gasteiger partial charge < -0.3 is 15.0 Å². The summed E-state index contributed by atoms with van der Waals surface area (Å²) in [6.07, 6.45) is 2.88. The smallest absolute Gasteiger partial charge is 0.407 e. The minimum Gasteiger partial charge on any atom is -0.444 e. The minimum absolute atomic E-state index is 0.218. The molecule has 2 amide bonds. The van der Waals surface area contributed by atoms with Crippen molar-refractivity contribution >= 4 is 12.0 Å². The number of carbonyl (C=O) groups excluding carboxylic acids is 2. The monoisotopic (exact) mass is 286 g/mol. The van der Waals surface area contributed by atoms with Gasteiger partial charge in [-0.3, -0.25) is 4.79 Å². The molecule has 0 bridgehead atoms. The van der Waals surface area contributed by atoms with Crippen LogP contribution in [0.5, 0.6) is 0 Å². The number of rotatable bonds is 8. The molecule has 0 aromatic rings. The maximum atomic E-state index is 11.7. The first-order valence-electron chi connectivity index (χ1n) is 7.54. The van der Waals surface area contributed by atoms with Gasteiger partial charge in [0.1, 0.15) is 5.60 Å². The molecular formula is C15H30N2O3. The van der Waals surface area contributed by atoms with Crippen molar-refractivity contribution in [2.24, 2.45) is 0 Å². The Morgan fingerprint density at radius 3 is 2.15 bits per heavy atom. The Labute approximate surface area is 123 Å². The number of nitrogens with one attached hydrogen (secondary N) is 1. The van der Waals surface area contributed by atoms with Crippen molar-refractivity contribution < 1.29 is 14.3 Å². The van der Waals surface area contributed by atoms with Crippen molar-refractivity contribution in [3.8, 4) is 0 Å². The molecule has 0 aromatic heterocycles. The standard InChI is InChI=1S/C15H30N2O3/c1-6-17(7-2)13(18)11-9-8-10-12-16-14(19)20-15(3,4)5/h6-12H2,1-5H3,(H,16,19). The molecule has 5 nitrogen and oxygen atoms in total. The number of unbranched alkanes of at least 4 members (excludes halogenated alkanes) is 2. The number of amides is 2. The van der Waals surface area contributed by atoms with Crippen LogP contribution >= 0.6 is 0 Å². The Balaban J connectivity index is 3.59. The van der Waals surface area contributed by atoms with Gasteiger partial charge in [-0.2, -0.15) is 0 Å². The zero-order valence-corrected chi connectivity index (χ0v) is 13.6.